The molecule has 0 bridgehead atoms. The van der Waals surface area contributed by atoms with Crippen molar-refractivity contribution < 1.29 is 14.3 Å². The molecule has 0 radical (unpaired) electrons. The van der Waals surface area contributed by atoms with E-state index in [1.807, 2.05) is 13.0 Å². The van der Waals surface area contributed by atoms with E-state index in [-0.39, 0.29) is 12.0 Å². The summed E-state index contributed by atoms with van der Waals surface area (Å²) in [6.07, 6.45) is 4.30. The number of fused-ring (bicyclic) bond motifs is 1. The van der Waals surface area contributed by atoms with E-state index in [0.717, 1.165) is 31.4 Å². The Morgan fingerprint density at radius 1 is 1.38 bits per heavy atom. The van der Waals surface area contributed by atoms with E-state index >= 15 is 0 Å². The zero-order valence-corrected chi connectivity index (χ0v) is 12.9. The van der Waals surface area contributed by atoms with Crippen molar-refractivity contribution in [2.45, 2.75) is 51.0 Å². The number of nitrogens with two attached hydrogens (primary N) is 1. The van der Waals surface area contributed by atoms with Gasteiger partial charge in [0, 0.05) is 12.5 Å². The van der Waals surface area contributed by atoms with Gasteiger partial charge in [0.25, 0.3) is 0 Å². The summed E-state index contributed by atoms with van der Waals surface area (Å²) in [5.41, 5.74) is 8.93. The van der Waals surface area contributed by atoms with E-state index in [0.29, 0.717) is 18.9 Å². The Bertz CT molecular complexity index is 487. The standard InChI is InChI=1S/C17H25NO3/c1-3-21-17(19)7-5-4-6-14-15-11-13(20-2)9-8-12(15)10-16(14)18/h8-9,11,14,16H,3-7,10,18H2,1-2H3. The molecule has 0 spiro atoms. The van der Waals surface area contributed by atoms with Crippen LogP contribution in [0.4, 0.5) is 0 Å². The zero-order valence-electron chi connectivity index (χ0n) is 12.9. The quantitative estimate of drug-likeness (QED) is 0.620. The molecule has 116 valence electrons. The van der Waals surface area contributed by atoms with Gasteiger partial charge in [-0.3, -0.25) is 4.79 Å². The highest BCUT2D eigenvalue weighted by Gasteiger charge is 2.29. The highest BCUT2D eigenvalue weighted by Crippen LogP contribution is 2.37. The topological polar surface area (TPSA) is 61.5 Å². The summed E-state index contributed by atoms with van der Waals surface area (Å²) in [6, 6.07) is 6.40. The first-order valence-corrected chi connectivity index (χ1v) is 7.73. The molecular weight excluding hydrogens is 266 g/mol. The molecule has 0 heterocycles. The van der Waals surface area contributed by atoms with Gasteiger partial charge in [-0.25, -0.2) is 0 Å². The second-order valence-corrected chi connectivity index (χ2v) is 5.59. The van der Waals surface area contributed by atoms with Gasteiger partial charge in [0.15, 0.2) is 0 Å². The lowest BCUT2D eigenvalue weighted by Crippen LogP contribution is -2.24. The Morgan fingerprint density at radius 2 is 2.19 bits per heavy atom. The van der Waals surface area contributed by atoms with Gasteiger partial charge in [-0.05, 0) is 55.4 Å². The molecule has 0 aromatic heterocycles. The Kier molecular flexibility index (Phi) is 5.62. The molecule has 1 aliphatic carbocycles. The first-order valence-electron chi connectivity index (χ1n) is 7.73. The first-order chi connectivity index (χ1) is 10.2. The fraction of sp³-hybridized carbons (Fsp3) is 0.588. The fourth-order valence-corrected chi connectivity index (χ4v) is 3.09. The molecule has 0 amide bonds. The molecule has 4 heteroatoms. The van der Waals surface area contributed by atoms with E-state index in [4.69, 9.17) is 15.2 Å². The third-order valence-corrected chi connectivity index (χ3v) is 4.18. The number of esters is 1. The van der Waals surface area contributed by atoms with E-state index in [2.05, 4.69) is 12.1 Å². The van der Waals surface area contributed by atoms with Crippen LogP contribution in [0.2, 0.25) is 0 Å². The van der Waals surface area contributed by atoms with Crippen LogP contribution in [0, 0.1) is 0 Å². The average Bonchev–Trinajstić information content (AvgIpc) is 2.78. The van der Waals surface area contributed by atoms with Crippen molar-refractivity contribution in [1.82, 2.24) is 0 Å². The van der Waals surface area contributed by atoms with Crippen LogP contribution >= 0.6 is 0 Å². The largest absolute Gasteiger partial charge is 0.497 e. The zero-order chi connectivity index (χ0) is 15.2. The smallest absolute Gasteiger partial charge is 0.305 e. The van der Waals surface area contributed by atoms with Gasteiger partial charge < -0.3 is 15.2 Å². The van der Waals surface area contributed by atoms with E-state index in [1.165, 1.54) is 11.1 Å². The maximum absolute atomic E-state index is 11.3. The molecule has 2 atom stereocenters. The number of rotatable bonds is 7. The third-order valence-electron chi connectivity index (χ3n) is 4.18. The summed E-state index contributed by atoms with van der Waals surface area (Å²) in [7, 11) is 1.69. The van der Waals surface area contributed by atoms with Gasteiger partial charge in [0.05, 0.1) is 13.7 Å². The van der Waals surface area contributed by atoms with E-state index in [1.54, 1.807) is 7.11 Å². The summed E-state index contributed by atoms with van der Waals surface area (Å²) >= 11 is 0. The monoisotopic (exact) mass is 291 g/mol. The molecule has 1 aromatic rings. The average molecular weight is 291 g/mol. The van der Waals surface area contributed by atoms with Crippen molar-refractivity contribution in [2.24, 2.45) is 5.73 Å². The summed E-state index contributed by atoms with van der Waals surface area (Å²) in [4.78, 5) is 11.3. The van der Waals surface area contributed by atoms with Gasteiger partial charge in [0.1, 0.15) is 5.75 Å². The van der Waals surface area contributed by atoms with Crippen LogP contribution in [-0.2, 0) is 16.0 Å². The lowest BCUT2D eigenvalue weighted by molar-refractivity contribution is -0.143. The van der Waals surface area contributed by atoms with Gasteiger partial charge >= 0.3 is 5.97 Å². The predicted molar refractivity (Wildman–Crippen MR) is 82.5 cm³/mol. The minimum absolute atomic E-state index is 0.102. The Morgan fingerprint density at radius 3 is 2.90 bits per heavy atom. The van der Waals surface area contributed by atoms with E-state index < -0.39 is 0 Å². The van der Waals surface area contributed by atoms with Crippen molar-refractivity contribution in [3.8, 4) is 5.75 Å². The first kappa shape index (κ1) is 15.8. The van der Waals surface area contributed by atoms with Crippen LogP contribution in [0.1, 0.15) is 49.7 Å². The Balaban J connectivity index is 1.88. The molecular formula is C17H25NO3. The maximum Gasteiger partial charge on any atom is 0.305 e. The maximum atomic E-state index is 11.3. The van der Waals surface area contributed by atoms with Crippen LogP contribution < -0.4 is 10.5 Å². The van der Waals surface area contributed by atoms with Crippen molar-refractivity contribution in [3.63, 3.8) is 0 Å². The summed E-state index contributed by atoms with van der Waals surface area (Å²) in [5, 5.41) is 0. The highest BCUT2D eigenvalue weighted by atomic mass is 16.5. The number of ether oxygens (including phenoxy) is 2. The van der Waals surface area contributed by atoms with Crippen LogP contribution in [-0.4, -0.2) is 25.7 Å². The SMILES string of the molecule is CCOC(=O)CCCCC1c2cc(OC)ccc2CC1N. The van der Waals surface area contributed by atoms with Crippen LogP contribution in [0.25, 0.3) is 0 Å². The molecule has 2 unspecified atom stereocenters. The predicted octanol–water partition coefficient (Wildman–Crippen LogP) is 2.79. The summed E-state index contributed by atoms with van der Waals surface area (Å²) in [5.74, 6) is 1.16. The Labute approximate surface area is 126 Å². The molecule has 0 aliphatic heterocycles. The third kappa shape index (κ3) is 3.97. The van der Waals surface area contributed by atoms with Crippen molar-refractivity contribution in [3.05, 3.63) is 29.3 Å². The normalized spacial score (nSPS) is 20.1. The van der Waals surface area contributed by atoms with Crippen molar-refractivity contribution in [2.75, 3.05) is 13.7 Å². The number of hydrogen-bond donors (Lipinski definition) is 1. The fourth-order valence-electron chi connectivity index (χ4n) is 3.09. The lowest BCUT2D eigenvalue weighted by Gasteiger charge is -2.17. The lowest BCUT2D eigenvalue weighted by atomic mass is 9.92. The highest BCUT2D eigenvalue weighted by molar-refractivity contribution is 5.69. The Hall–Kier alpha value is -1.55. The number of carbonyl (C=O) groups is 1. The molecule has 2 N–H and O–H groups in total. The van der Waals surface area contributed by atoms with Gasteiger partial charge in [-0.15, -0.1) is 0 Å². The van der Waals surface area contributed by atoms with Crippen LogP contribution in [0.15, 0.2) is 18.2 Å². The van der Waals surface area contributed by atoms with Gasteiger partial charge in [0.2, 0.25) is 0 Å². The minimum atomic E-state index is -0.102. The summed E-state index contributed by atoms with van der Waals surface area (Å²) < 4.78 is 10.2. The molecule has 21 heavy (non-hydrogen) atoms. The molecule has 0 fully saturated rings. The molecule has 2 rings (SSSR count). The number of benzene rings is 1. The molecule has 0 saturated carbocycles. The number of unbranched alkanes of at least 4 members (excludes halogenated alkanes) is 1. The van der Waals surface area contributed by atoms with Crippen LogP contribution in [0.3, 0.4) is 0 Å². The molecule has 1 aliphatic rings. The second kappa shape index (κ2) is 7.46. The second-order valence-electron chi connectivity index (χ2n) is 5.59. The number of hydrogen-bond acceptors (Lipinski definition) is 4. The van der Waals surface area contributed by atoms with Crippen molar-refractivity contribution >= 4 is 5.97 Å². The molecule has 4 nitrogen and oxygen atoms in total. The molecule has 0 saturated heterocycles. The number of methoxy groups -OCH3 is 1. The van der Waals surface area contributed by atoms with Crippen LogP contribution in [0.5, 0.6) is 5.75 Å². The minimum Gasteiger partial charge on any atom is -0.497 e. The van der Waals surface area contributed by atoms with E-state index in [9.17, 15) is 4.79 Å². The van der Waals surface area contributed by atoms with Gasteiger partial charge in [-0.1, -0.05) is 12.5 Å². The van der Waals surface area contributed by atoms with Crippen molar-refractivity contribution in [1.29, 1.82) is 0 Å². The van der Waals surface area contributed by atoms with Gasteiger partial charge in [-0.2, -0.15) is 0 Å². The molecule has 1 aromatic carbocycles. The summed E-state index contributed by atoms with van der Waals surface area (Å²) in [6.45, 7) is 2.29. The number of carbonyl (C=O) groups excluding carboxylic acids is 1.